The molecule has 1 N–H and O–H groups in total. The molecular weight excluding hydrogens is 128 g/mol. The molecule has 0 bridgehead atoms. The van der Waals surface area contributed by atoms with Crippen molar-refractivity contribution in [1.82, 2.24) is 10.2 Å². The van der Waals surface area contributed by atoms with Crippen molar-refractivity contribution in [3.8, 4) is 0 Å². The first kappa shape index (κ1) is 5.73. The van der Waals surface area contributed by atoms with Gasteiger partial charge < -0.3 is 0 Å². The van der Waals surface area contributed by atoms with E-state index >= 15 is 0 Å². The standard InChI is InChI=1S/C3H4N2.Cu/c1-2-4-5-3-1;/h1-3H,(H,4,5);/q;+2. The molecule has 1 heterocycles. The normalized spacial score (nSPS) is 6.67. The average molecular weight is 132 g/mol. The van der Waals surface area contributed by atoms with E-state index < -0.39 is 0 Å². The predicted molar refractivity (Wildman–Crippen MR) is 18.6 cm³/mol. The van der Waals surface area contributed by atoms with Crippen LogP contribution < -0.4 is 0 Å². The van der Waals surface area contributed by atoms with E-state index in [9.17, 15) is 0 Å². The molecule has 6 heavy (non-hydrogen) atoms. The zero-order valence-corrected chi connectivity index (χ0v) is 3.92. The van der Waals surface area contributed by atoms with Crippen molar-refractivity contribution in [1.29, 1.82) is 0 Å². The molecule has 0 saturated heterocycles. The molecule has 0 spiro atoms. The van der Waals surface area contributed by atoms with Crippen LogP contribution in [-0.4, -0.2) is 10.2 Å². The SMILES string of the molecule is [Cu+2].c1cn[nH]c1. The van der Waals surface area contributed by atoms with Crippen molar-refractivity contribution in [2.45, 2.75) is 0 Å². The third kappa shape index (κ3) is 1.24. The Kier molecular flexibility index (Phi) is 2.81. The third-order valence-electron chi connectivity index (χ3n) is 0.406. The van der Waals surface area contributed by atoms with Crippen molar-refractivity contribution in [2.24, 2.45) is 0 Å². The van der Waals surface area contributed by atoms with Crippen LogP contribution in [0.3, 0.4) is 0 Å². The molecule has 0 fully saturated rings. The smallest absolute Gasteiger partial charge is 0.286 e. The van der Waals surface area contributed by atoms with E-state index in [0.717, 1.165) is 0 Å². The zero-order valence-electron chi connectivity index (χ0n) is 2.98. The molecule has 0 aliphatic carbocycles. The molecule has 1 rings (SSSR count). The Morgan fingerprint density at radius 3 is 2.50 bits per heavy atom. The van der Waals surface area contributed by atoms with Gasteiger partial charge in [0.1, 0.15) is 0 Å². The van der Waals surface area contributed by atoms with Crippen molar-refractivity contribution >= 4 is 0 Å². The Balaban J connectivity index is 0.000000250. The van der Waals surface area contributed by atoms with Gasteiger partial charge in [-0.1, -0.05) is 0 Å². The summed E-state index contributed by atoms with van der Waals surface area (Å²) in [6.45, 7) is 0. The van der Waals surface area contributed by atoms with Gasteiger partial charge in [-0.15, -0.1) is 0 Å². The fraction of sp³-hybridized carbons (Fsp3) is 0. The molecule has 0 aliphatic rings. The largest absolute Gasteiger partial charge is 2.00 e. The summed E-state index contributed by atoms with van der Waals surface area (Å²) in [7, 11) is 0. The molecule has 1 aromatic rings. The van der Waals surface area contributed by atoms with Crippen molar-refractivity contribution in [2.75, 3.05) is 0 Å². The zero-order chi connectivity index (χ0) is 3.54. The second kappa shape index (κ2) is 2.94. The van der Waals surface area contributed by atoms with E-state index in [0.29, 0.717) is 0 Å². The molecule has 1 aromatic heterocycles. The number of hydrogen-bond donors (Lipinski definition) is 1. The van der Waals surface area contributed by atoms with Gasteiger partial charge in [-0.05, 0) is 6.07 Å². The van der Waals surface area contributed by atoms with Crippen molar-refractivity contribution in [3.05, 3.63) is 18.5 Å². The van der Waals surface area contributed by atoms with Crippen molar-refractivity contribution < 1.29 is 17.1 Å². The number of aromatic nitrogens is 2. The number of H-pyrrole nitrogens is 1. The maximum Gasteiger partial charge on any atom is 2.00 e. The van der Waals surface area contributed by atoms with Gasteiger partial charge in [-0.3, -0.25) is 5.10 Å². The van der Waals surface area contributed by atoms with E-state index in [1.165, 1.54) is 0 Å². The van der Waals surface area contributed by atoms with E-state index in [1.54, 1.807) is 12.4 Å². The van der Waals surface area contributed by atoms with E-state index in [1.807, 2.05) is 6.07 Å². The molecule has 0 aromatic carbocycles. The summed E-state index contributed by atoms with van der Waals surface area (Å²) < 4.78 is 0. The fourth-order valence-electron chi connectivity index (χ4n) is 0.215. The predicted octanol–water partition coefficient (Wildman–Crippen LogP) is 0.407. The Hall–Kier alpha value is -0.271. The van der Waals surface area contributed by atoms with Crippen LogP contribution in [0.1, 0.15) is 0 Å². The molecule has 2 nitrogen and oxygen atoms in total. The van der Waals surface area contributed by atoms with Gasteiger partial charge in [-0.2, -0.15) is 5.10 Å². The molecular formula is C3H4CuN2+2. The first-order chi connectivity index (χ1) is 2.50. The number of nitrogens with zero attached hydrogens (tertiary/aromatic N) is 1. The summed E-state index contributed by atoms with van der Waals surface area (Å²) >= 11 is 0. The van der Waals surface area contributed by atoms with Crippen LogP contribution in [0.2, 0.25) is 0 Å². The Morgan fingerprint density at radius 2 is 2.33 bits per heavy atom. The summed E-state index contributed by atoms with van der Waals surface area (Å²) in [6, 6.07) is 1.83. The van der Waals surface area contributed by atoms with E-state index in [4.69, 9.17) is 0 Å². The molecule has 0 atom stereocenters. The molecule has 1 radical (unpaired) electrons. The molecule has 0 saturated carbocycles. The maximum atomic E-state index is 3.60. The number of aromatic amines is 1. The van der Waals surface area contributed by atoms with Gasteiger partial charge in [0, 0.05) is 12.4 Å². The van der Waals surface area contributed by atoms with Gasteiger partial charge in [0.15, 0.2) is 0 Å². The van der Waals surface area contributed by atoms with Crippen LogP contribution in [0.25, 0.3) is 0 Å². The molecule has 0 aliphatic heterocycles. The summed E-state index contributed by atoms with van der Waals surface area (Å²) in [4.78, 5) is 0. The minimum atomic E-state index is 0. The minimum Gasteiger partial charge on any atom is -0.286 e. The Bertz CT molecular complexity index is 65.3. The number of nitrogens with one attached hydrogen (secondary N) is 1. The Labute approximate surface area is 46.4 Å². The number of rotatable bonds is 0. The van der Waals surface area contributed by atoms with Gasteiger partial charge in [0.2, 0.25) is 0 Å². The third-order valence-corrected chi connectivity index (χ3v) is 0.406. The maximum absolute atomic E-state index is 3.60. The Morgan fingerprint density at radius 1 is 1.50 bits per heavy atom. The topological polar surface area (TPSA) is 28.7 Å². The number of hydrogen-bond acceptors (Lipinski definition) is 1. The van der Waals surface area contributed by atoms with Gasteiger partial charge >= 0.3 is 17.1 Å². The first-order valence-electron chi connectivity index (χ1n) is 1.44. The second-order valence-electron chi connectivity index (χ2n) is 0.766. The van der Waals surface area contributed by atoms with Crippen LogP contribution in [0, 0.1) is 0 Å². The quantitative estimate of drug-likeness (QED) is 0.508. The van der Waals surface area contributed by atoms with E-state index in [-0.39, 0.29) is 17.1 Å². The molecule has 35 valence electrons. The van der Waals surface area contributed by atoms with Gasteiger partial charge in [-0.25, -0.2) is 0 Å². The van der Waals surface area contributed by atoms with Crippen LogP contribution in [0.4, 0.5) is 0 Å². The van der Waals surface area contributed by atoms with Crippen LogP contribution in [0.5, 0.6) is 0 Å². The summed E-state index contributed by atoms with van der Waals surface area (Å²) in [5, 5.41) is 6.21. The molecule has 3 heteroatoms. The molecule has 0 unspecified atom stereocenters. The second-order valence-corrected chi connectivity index (χ2v) is 0.766. The molecule has 0 amide bonds. The van der Waals surface area contributed by atoms with Crippen LogP contribution in [0.15, 0.2) is 18.5 Å². The summed E-state index contributed by atoms with van der Waals surface area (Å²) in [6.07, 6.45) is 3.46. The average Bonchev–Trinajstić information content (AvgIpc) is 1.76. The van der Waals surface area contributed by atoms with Gasteiger partial charge in [0.25, 0.3) is 0 Å². The summed E-state index contributed by atoms with van der Waals surface area (Å²) in [5.74, 6) is 0. The summed E-state index contributed by atoms with van der Waals surface area (Å²) in [5.41, 5.74) is 0. The van der Waals surface area contributed by atoms with Crippen LogP contribution in [-0.2, 0) is 17.1 Å². The first-order valence-corrected chi connectivity index (χ1v) is 1.44. The monoisotopic (exact) mass is 131 g/mol. The van der Waals surface area contributed by atoms with Crippen molar-refractivity contribution in [3.63, 3.8) is 0 Å². The fourth-order valence-corrected chi connectivity index (χ4v) is 0.215. The van der Waals surface area contributed by atoms with Crippen LogP contribution >= 0.6 is 0 Å². The van der Waals surface area contributed by atoms with Gasteiger partial charge in [0.05, 0.1) is 0 Å². The van der Waals surface area contributed by atoms with E-state index in [2.05, 4.69) is 10.2 Å². The minimum absolute atomic E-state index is 0.